The first-order chi connectivity index (χ1) is 14.4. The van der Waals surface area contributed by atoms with Crippen molar-refractivity contribution in [1.82, 2.24) is 15.1 Å². The molecule has 7 nitrogen and oxygen atoms in total. The van der Waals surface area contributed by atoms with Crippen LogP contribution >= 0.6 is 0 Å². The highest BCUT2D eigenvalue weighted by Crippen LogP contribution is 2.44. The summed E-state index contributed by atoms with van der Waals surface area (Å²) in [6.07, 6.45) is 0.817. The molecule has 0 saturated heterocycles. The molecule has 0 spiro atoms. The molecule has 30 heavy (non-hydrogen) atoms. The van der Waals surface area contributed by atoms with Gasteiger partial charge in [-0.15, -0.1) is 0 Å². The van der Waals surface area contributed by atoms with E-state index in [4.69, 9.17) is 4.74 Å². The lowest BCUT2D eigenvalue weighted by Gasteiger charge is -2.26. The molecule has 1 aromatic heterocycles. The van der Waals surface area contributed by atoms with Crippen LogP contribution in [0.5, 0.6) is 0 Å². The third-order valence-electron chi connectivity index (χ3n) is 5.59. The average molecular weight is 405 g/mol. The van der Waals surface area contributed by atoms with E-state index in [1.165, 1.54) is 11.6 Å². The number of nitrogens with one attached hydrogen (secondary N) is 1. The van der Waals surface area contributed by atoms with Crippen LogP contribution in [0.2, 0.25) is 0 Å². The van der Waals surface area contributed by atoms with E-state index >= 15 is 0 Å². The Morgan fingerprint density at radius 1 is 1.10 bits per heavy atom. The number of aliphatic carboxylic acids is 1. The number of carbonyl (C=O) groups excluding carboxylic acids is 1. The number of carboxylic acids is 1. The highest BCUT2D eigenvalue weighted by Gasteiger charge is 2.37. The minimum absolute atomic E-state index is 0.00857. The predicted octanol–water partition coefficient (Wildman–Crippen LogP) is 3.57. The van der Waals surface area contributed by atoms with E-state index in [-0.39, 0.29) is 19.1 Å². The monoisotopic (exact) mass is 405 g/mol. The second-order valence-corrected chi connectivity index (χ2v) is 7.72. The number of nitrogens with zero attached hydrogens (tertiary/aromatic N) is 2. The molecule has 1 aliphatic rings. The van der Waals surface area contributed by atoms with Crippen LogP contribution in [0, 0.1) is 6.92 Å². The van der Waals surface area contributed by atoms with E-state index in [0.717, 1.165) is 27.9 Å². The Balaban J connectivity index is 1.48. The third kappa shape index (κ3) is 3.54. The second-order valence-electron chi connectivity index (χ2n) is 7.72. The maximum absolute atomic E-state index is 12.5. The Labute approximate surface area is 174 Å². The molecule has 154 valence electrons. The fourth-order valence-electron chi connectivity index (χ4n) is 3.88. The number of carbonyl (C=O) groups is 2. The number of amides is 1. The van der Waals surface area contributed by atoms with Gasteiger partial charge >= 0.3 is 12.1 Å². The second kappa shape index (κ2) is 7.67. The van der Waals surface area contributed by atoms with Crippen LogP contribution in [0.3, 0.4) is 0 Å². The molecule has 0 saturated carbocycles. The van der Waals surface area contributed by atoms with Gasteiger partial charge in [-0.3, -0.25) is 4.68 Å². The molecular weight excluding hydrogens is 382 g/mol. The quantitative estimate of drug-likeness (QED) is 0.654. The molecule has 3 aromatic rings. The number of alkyl carbamates (subject to hydrolysis) is 1. The number of hydrogen-bond donors (Lipinski definition) is 2. The Kier molecular flexibility index (Phi) is 5.03. The molecule has 4 rings (SSSR count). The number of aryl methyl sites for hydroxylation is 1. The molecule has 1 amide bonds. The van der Waals surface area contributed by atoms with Crippen molar-refractivity contribution >= 4 is 12.1 Å². The highest BCUT2D eigenvalue weighted by molar-refractivity contribution is 5.84. The van der Waals surface area contributed by atoms with E-state index in [9.17, 15) is 14.7 Å². The Hall–Kier alpha value is -3.61. The van der Waals surface area contributed by atoms with E-state index in [2.05, 4.69) is 22.5 Å². The van der Waals surface area contributed by atoms with Crippen molar-refractivity contribution < 1.29 is 19.4 Å². The van der Waals surface area contributed by atoms with Crippen LogP contribution in [0.4, 0.5) is 4.79 Å². The largest absolute Gasteiger partial charge is 0.479 e. The van der Waals surface area contributed by atoms with Gasteiger partial charge in [0.25, 0.3) is 0 Å². The Morgan fingerprint density at radius 2 is 1.70 bits per heavy atom. The molecule has 0 fully saturated rings. The summed E-state index contributed by atoms with van der Waals surface area (Å²) in [4.78, 5) is 24.4. The topological polar surface area (TPSA) is 93.5 Å². The number of aromatic nitrogens is 2. The van der Waals surface area contributed by atoms with Crippen molar-refractivity contribution in [2.45, 2.75) is 31.8 Å². The summed E-state index contributed by atoms with van der Waals surface area (Å²) in [6, 6.07) is 17.9. The van der Waals surface area contributed by atoms with E-state index in [1.54, 1.807) is 12.3 Å². The van der Waals surface area contributed by atoms with Crippen molar-refractivity contribution in [1.29, 1.82) is 0 Å². The zero-order valence-corrected chi connectivity index (χ0v) is 16.8. The smallest absolute Gasteiger partial charge is 0.408 e. The number of fused-ring (bicyclic) bond motifs is 3. The minimum Gasteiger partial charge on any atom is -0.479 e. The van der Waals surface area contributed by atoms with Gasteiger partial charge in [0.2, 0.25) is 0 Å². The molecule has 0 radical (unpaired) electrons. The number of hydrogen-bond acceptors (Lipinski definition) is 4. The molecule has 1 aliphatic carbocycles. The van der Waals surface area contributed by atoms with Gasteiger partial charge in [-0.05, 0) is 42.2 Å². The van der Waals surface area contributed by atoms with Crippen molar-refractivity contribution in [3.63, 3.8) is 0 Å². The summed E-state index contributed by atoms with van der Waals surface area (Å²) in [5.74, 6) is -1.25. The molecule has 1 unspecified atom stereocenters. The zero-order chi connectivity index (χ0) is 21.3. The lowest BCUT2D eigenvalue weighted by Crippen LogP contribution is -2.55. The van der Waals surface area contributed by atoms with Crippen molar-refractivity contribution in [2.75, 3.05) is 6.61 Å². The van der Waals surface area contributed by atoms with E-state index in [1.807, 2.05) is 43.3 Å². The minimum atomic E-state index is -1.56. The summed E-state index contributed by atoms with van der Waals surface area (Å²) < 4.78 is 7.03. The van der Waals surface area contributed by atoms with Crippen LogP contribution in [-0.4, -0.2) is 39.1 Å². The number of rotatable bonds is 6. The van der Waals surface area contributed by atoms with Crippen molar-refractivity contribution in [3.8, 4) is 11.1 Å². The molecule has 0 aliphatic heterocycles. The number of benzene rings is 2. The van der Waals surface area contributed by atoms with Gasteiger partial charge in [0.1, 0.15) is 6.61 Å². The van der Waals surface area contributed by atoms with Gasteiger partial charge in [-0.25, -0.2) is 9.59 Å². The van der Waals surface area contributed by atoms with Gasteiger partial charge in [-0.2, -0.15) is 5.10 Å². The Morgan fingerprint density at radius 3 is 2.23 bits per heavy atom. The summed E-state index contributed by atoms with van der Waals surface area (Å²) in [5.41, 5.74) is 3.70. The van der Waals surface area contributed by atoms with Gasteiger partial charge in [0.05, 0.1) is 6.54 Å². The van der Waals surface area contributed by atoms with E-state index < -0.39 is 17.6 Å². The van der Waals surface area contributed by atoms with Crippen LogP contribution < -0.4 is 5.32 Å². The first kappa shape index (κ1) is 19.7. The highest BCUT2D eigenvalue weighted by atomic mass is 16.5. The fraction of sp³-hybridized carbons (Fsp3) is 0.261. The SMILES string of the molecule is Cc1ccnn1CC(C)(NC(=O)OCC1c2ccccc2-c2ccccc21)C(=O)O. The van der Waals surface area contributed by atoms with Gasteiger partial charge in [0, 0.05) is 17.8 Å². The molecular formula is C23H23N3O4. The van der Waals surface area contributed by atoms with Crippen LogP contribution in [0.1, 0.15) is 29.7 Å². The van der Waals surface area contributed by atoms with Crippen molar-refractivity contribution in [2.24, 2.45) is 0 Å². The number of carboxylic acid groups (broad SMARTS) is 1. The molecule has 1 atom stereocenters. The molecule has 2 aromatic carbocycles. The lowest BCUT2D eigenvalue weighted by atomic mass is 9.98. The van der Waals surface area contributed by atoms with Crippen LogP contribution in [0.15, 0.2) is 60.8 Å². The lowest BCUT2D eigenvalue weighted by molar-refractivity contribution is -0.144. The maximum Gasteiger partial charge on any atom is 0.408 e. The van der Waals surface area contributed by atoms with Gasteiger partial charge in [0.15, 0.2) is 5.54 Å². The number of ether oxygens (including phenoxy) is 1. The molecule has 1 heterocycles. The normalized spacial score (nSPS) is 14.5. The summed E-state index contributed by atoms with van der Waals surface area (Å²) >= 11 is 0. The first-order valence-corrected chi connectivity index (χ1v) is 9.74. The summed E-state index contributed by atoms with van der Waals surface area (Å²) in [6.45, 7) is 3.38. The van der Waals surface area contributed by atoms with Crippen LogP contribution in [0.25, 0.3) is 11.1 Å². The molecule has 2 N–H and O–H groups in total. The fourth-order valence-corrected chi connectivity index (χ4v) is 3.88. The van der Waals surface area contributed by atoms with Crippen molar-refractivity contribution in [3.05, 3.63) is 77.6 Å². The molecule has 7 heteroatoms. The van der Waals surface area contributed by atoms with Gasteiger partial charge in [-0.1, -0.05) is 48.5 Å². The first-order valence-electron chi connectivity index (χ1n) is 9.74. The molecule has 0 bridgehead atoms. The van der Waals surface area contributed by atoms with E-state index in [0.29, 0.717) is 0 Å². The summed E-state index contributed by atoms with van der Waals surface area (Å²) in [5, 5.41) is 16.3. The zero-order valence-electron chi connectivity index (χ0n) is 16.8. The maximum atomic E-state index is 12.5. The average Bonchev–Trinajstić information content (AvgIpc) is 3.27. The third-order valence-corrected chi connectivity index (χ3v) is 5.59. The van der Waals surface area contributed by atoms with Crippen LogP contribution in [-0.2, 0) is 16.1 Å². The summed E-state index contributed by atoms with van der Waals surface area (Å²) in [7, 11) is 0. The standard InChI is InChI=1S/C23H23N3O4/c1-15-11-12-24-26(15)14-23(2,21(27)28)25-22(29)30-13-20-18-9-5-3-7-16(18)17-8-4-6-10-19(17)20/h3-12,20H,13-14H2,1-2H3,(H,25,29)(H,27,28). The Bertz CT molecular complexity index is 1060. The predicted molar refractivity (Wildman–Crippen MR) is 111 cm³/mol. The van der Waals surface area contributed by atoms with Gasteiger partial charge < -0.3 is 15.2 Å².